The molecule has 0 bridgehead atoms. The summed E-state index contributed by atoms with van der Waals surface area (Å²) in [4.78, 5) is 1.93. The van der Waals surface area contributed by atoms with Gasteiger partial charge in [-0.2, -0.15) is 4.31 Å². The van der Waals surface area contributed by atoms with Gasteiger partial charge >= 0.3 is 0 Å². The molecule has 1 fully saturated rings. The van der Waals surface area contributed by atoms with Gasteiger partial charge in [0.05, 0.1) is 19.1 Å². The van der Waals surface area contributed by atoms with Gasteiger partial charge in [-0.1, -0.05) is 6.92 Å². The van der Waals surface area contributed by atoms with Gasteiger partial charge in [-0.05, 0) is 13.5 Å². The Kier molecular flexibility index (Phi) is 3.66. The fraction of sp³-hybridized carbons (Fsp3) is 1.00. The van der Waals surface area contributed by atoms with Crippen molar-refractivity contribution in [2.24, 2.45) is 0 Å². The highest BCUT2D eigenvalue weighted by molar-refractivity contribution is 7.89. The number of rotatable bonds is 3. The second kappa shape index (κ2) is 4.36. The van der Waals surface area contributed by atoms with E-state index in [2.05, 4.69) is 5.32 Å². The molecular weight excluding hydrogens is 190 g/mol. The fourth-order valence-electron chi connectivity index (χ4n) is 1.31. The second-order valence-corrected chi connectivity index (χ2v) is 5.42. The van der Waals surface area contributed by atoms with Crippen LogP contribution in [0.3, 0.4) is 0 Å². The molecule has 0 saturated carbocycles. The molecule has 0 atom stereocenters. The summed E-state index contributed by atoms with van der Waals surface area (Å²) >= 11 is 0. The molecule has 0 aromatic rings. The molecule has 0 aromatic heterocycles. The largest absolute Gasteiger partial charge is 0.291 e. The Morgan fingerprint density at radius 3 is 2.62 bits per heavy atom. The van der Waals surface area contributed by atoms with Gasteiger partial charge in [0, 0.05) is 6.67 Å². The quantitative estimate of drug-likeness (QED) is 0.674. The molecule has 1 rings (SSSR count). The third kappa shape index (κ3) is 2.91. The second-order valence-electron chi connectivity index (χ2n) is 3.33. The van der Waals surface area contributed by atoms with Crippen LogP contribution >= 0.6 is 0 Å². The van der Waals surface area contributed by atoms with E-state index in [4.69, 9.17) is 0 Å². The predicted molar refractivity (Wildman–Crippen MR) is 51.4 cm³/mol. The van der Waals surface area contributed by atoms with Crippen LogP contribution in [0.15, 0.2) is 0 Å². The Morgan fingerprint density at radius 2 is 2.08 bits per heavy atom. The van der Waals surface area contributed by atoms with Crippen molar-refractivity contribution in [2.45, 2.75) is 13.3 Å². The molecule has 0 spiro atoms. The fourth-order valence-corrected chi connectivity index (χ4v) is 2.74. The normalized spacial score (nSPS) is 22.0. The summed E-state index contributed by atoms with van der Waals surface area (Å²) in [5.74, 6) is 0.239. The maximum Gasteiger partial charge on any atom is 0.216 e. The maximum absolute atomic E-state index is 11.6. The van der Waals surface area contributed by atoms with Crippen LogP contribution in [0, 0.1) is 0 Å². The van der Waals surface area contributed by atoms with Crippen LogP contribution in [-0.2, 0) is 10.0 Å². The lowest BCUT2D eigenvalue weighted by Gasteiger charge is -2.32. The first-order valence-electron chi connectivity index (χ1n) is 4.43. The van der Waals surface area contributed by atoms with Crippen molar-refractivity contribution >= 4 is 10.0 Å². The number of nitrogens with zero attached hydrogens (tertiary/aromatic N) is 2. The van der Waals surface area contributed by atoms with E-state index in [1.165, 1.54) is 4.31 Å². The van der Waals surface area contributed by atoms with Gasteiger partial charge in [-0.25, -0.2) is 8.42 Å². The van der Waals surface area contributed by atoms with Crippen molar-refractivity contribution in [3.8, 4) is 0 Å². The average molecular weight is 207 g/mol. The highest BCUT2D eigenvalue weighted by atomic mass is 32.2. The molecule has 5 nitrogen and oxygen atoms in total. The predicted octanol–water partition coefficient (Wildman–Crippen LogP) is -0.564. The van der Waals surface area contributed by atoms with Crippen LogP contribution in [0.1, 0.15) is 13.3 Å². The molecule has 1 saturated heterocycles. The van der Waals surface area contributed by atoms with Crippen molar-refractivity contribution < 1.29 is 8.42 Å². The molecule has 1 heterocycles. The minimum Gasteiger partial charge on any atom is -0.291 e. The average Bonchev–Trinajstić information content (AvgIpc) is 2.04. The first-order valence-corrected chi connectivity index (χ1v) is 6.04. The minimum absolute atomic E-state index is 0.239. The zero-order valence-corrected chi connectivity index (χ0v) is 8.97. The Morgan fingerprint density at radius 1 is 1.38 bits per heavy atom. The first kappa shape index (κ1) is 10.9. The van der Waals surface area contributed by atoms with Gasteiger partial charge in [0.1, 0.15) is 0 Å². The minimum atomic E-state index is -3.04. The van der Waals surface area contributed by atoms with E-state index in [9.17, 15) is 8.42 Å². The number of nitrogens with one attached hydrogen (secondary N) is 1. The van der Waals surface area contributed by atoms with Crippen molar-refractivity contribution in [1.82, 2.24) is 14.5 Å². The SMILES string of the molecule is CCCS(=O)(=O)N1CNCN(C)C1. The molecule has 0 radical (unpaired) electrons. The summed E-state index contributed by atoms with van der Waals surface area (Å²) in [6.45, 7) is 3.55. The Bertz CT molecular complexity index is 252. The van der Waals surface area contributed by atoms with Crippen LogP contribution in [0.4, 0.5) is 0 Å². The standard InChI is InChI=1S/C7H17N3O2S/c1-3-4-13(11,12)10-6-8-5-9(2)7-10/h8H,3-7H2,1-2H3. The third-order valence-electron chi connectivity index (χ3n) is 1.92. The van der Waals surface area contributed by atoms with E-state index < -0.39 is 10.0 Å². The highest BCUT2D eigenvalue weighted by Crippen LogP contribution is 2.05. The van der Waals surface area contributed by atoms with E-state index in [0.717, 1.165) is 6.67 Å². The van der Waals surface area contributed by atoms with E-state index >= 15 is 0 Å². The van der Waals surface area contributed by atoms with Crippen LogP contribution in [0.2, 0.25) is 0 Å². The summed E-state index contributed by atoms with van der Waals surface area (Å²) in [7, 11) is -1.15. The van der Waals surface area contributed by atoms with Gasteiger partial charge < -0.3 is 0 Å². The Balaban J connectivity index is 2.60. The van der Waals surface area contributed by atoms with Crippen molar-refractivity contribution in [1.29, 1.82) is 0 Å². The van der Waals surface area contributed by atoms with E-state index in [1.807, 2.05) is 18.9 Å². The molecule has 0 aromatic carbocycles. The Labute approximate surface area is 79.8 Å². The topological polar surface area (TPSA) is 52.7 Å². The summed E-state index contributed by atoms with van der Waals surface area (Å²) in [6.07, 6.45) is 0.669. The third-order valence-corrected chi connectivity index (χ3v) is 3.88. The summed E-state index contributed by atoms with van der Waals surface area (Å²) < 4.78 is 24.7. The van der Waals surface area contributed by atoms with Gasteiger partial charge in [-0.15, -0.1) is 0 Å². The van der Waals surface area contributed by atoms with Crippen molar-refractivity contribution in [2.75, 3.05) is 32.8 Å². The smallest absolute Gasteiger partial charge is 0.216 e. The lowest BCUT2D eigenvalue weighted by Crippen LogP contribution is -2.53. The molecule has 1 N–H and O–H groups in total. The summed E-state index contributed by atoms with van der Waals surface area (Å²) in [5, 5.41) is 3.02. The lowest BCUT2D eigenvalue weighted by atomic mass is 10.6. The monoisotopic (exact) mass is 207 g/mol. The Hall–Kier alpha value is -0.170. The van der Waals surface area contributed by atoms with Gasteiger partial charge in [-0.3, -0.25) is 10.2 Å². The summed E-state index contributed by atoms with van der Waals surface area (Å²) in [6, 6.07) is 0. The lowest BCUT2D eigenvalue weighted by molar-refractivity contribution is 0.153. The van der Waals surface area contributed by atoms with Crippen LogP contribution in [-0.4, -0.2) is 50.4 Å². The number of sulfonamides is 1. The van der Waals surface area contributed by atoms with Gasteiger partial charge in [0.15, 0.2) is 0 Å². The zero-order valence-electron chi connectivity index (χ0n) is 8.15. The van der Waals surface area contributed by atoms with Gasteiger partial charge in [0.2, 0.25) is 10.0 Å². The molecule has 0 amide bonds. The van der Waals surface area contributed by atoms with E-state index in [0.29, 0.717) is 19.8 Å². The number of hydrogen-bond acceptors (Lipinski definition) is 4. The zero-order chi connectivity index (χ0) is 9.90. The van der Waals surface area contributed by atoms with E-state index in [-0.39, 0.29) is 5.75 Å². The van der Waals surface area contributed by atoms with Crippen LogP contribution in [0.5, 0.6) is 0 Å². The van der Waals surface area contributed by atoms with E-state index in [1.54, 1.807) is 0 Å². The molecule has 6 heteroatoms. The molecular formula is C7H17N3O2S. The highest BCUT2D eigenvalue weighted by Gasteiger charge is 2.24. The summed E-state index contributed by atoms with van der Waals surface area (Å²) in [5.41, 5.74) is 0. The van der Waals surface area contributed by atoms with Crippen LogP contribution in [0.25, 0.3) is 0 Å². The number of hydrogen-bond donors (Lipinski definition) is 1. The first-order chi connectivity index (χ1) is 6.06. The maximum atomic E-state index is 11.6. The molecule has 1 aliphatic heterocycles. The van der Waals surface area contributed by atoms with Crippen LogP contribution < -0.4 is 5.32 Å². The van der Waals surface area contributed by atoms with Gasteiger partial charge in [0.25, 0.3) is 0 Å². The molecule has 13 heavy (non-hydrogen) atoms. The van der Waals surface area contributed by atoms with Crippen molar-refractivity contribution in [3.63, 3.8) is 0 Å². The van der Waals surface area contributed by atoms with Crippen molar-refractivity contribution in [3.05, 3.63) is 0 Å². The molecule has 0 aliphatic carbocycles. The molecule has 78 valence electrons. The molecule has 0 unspecified atom stereocenters. The molecule has 1 aliphatic rings.